The molecule has 2 aliphatic rings. The first-order valence-electron chi connectivity index (χ1n) is 16.4. The quantitative estimate of drug-likeness (QED) is 0.204. The maximum absolute atomic E-state index is 14.2. The van der Waals surface area contributed by atoms with E-state index in [1.165, 1.54) is 26.0 Å². The number of benzene rings is 3. The maximum Gasteiger partial charge on any atom is 0.316 e. The van der Waals surface area contributed by atoms with E-state index in [0.29, 0.717) is 55.8 Å². The zero-order valence-corrected chi connectivity index (χ0v) is 29.3. The minimum Gasteiger partial charge on any atom is -0.492 e. The molecule has 1 fully saturated rings. The molecule has 2 heterocycles. The van der Waals surface area contributed by atoms with Crippen LogP contribution in [-0.2, 0) is 27.2 Å². The van der Waals surface area contributed by atoms with E-state index in [1.54, 1.807) is 11.0 Å². The summed E-state index contributed by atoms with van der Waals surface area (Å²) in [5, 5.41) is 13.2. The van der Waals surface area contributed by atoms with Gasteiger partial charge in [-0.15, -0.1) is 0 Å². The van der Waals surface area contributed by atoms with E-state index in [2.05, 4.69) is 50.4 Å². The number of amides is 1. The molecule has 0 unspecified atom stereocenters. The van der Waals surface area contributed by atoms with Gasteiger partial charge in [-0.2, -0.15) is 0 Å². The summed E-state index contributed by atoms with van der Waals surface area (Å²) in [6.45, 7) is 5.52. The highest BCUT2D eigenvalue weighted by atomic mass is 79.9. The first kappa shape index (κ1) is 35.4. The molecule has 0 aliphatic carbocycles. The summed E-state index contributed by atoms with van der Waals surface area (Å²) >= 11 is 3.40. The van der Waals surface area contributed by atoms with Gasteiger partial charge in [0.25, 0.3) is 5.91 Å². The van der Waals surface area contributed by atoms with E-state index < -0.39 is 11.4 Å². The molecule has 8 nitrogen and oxygen atoms in total. The molecule has 0 radical (unpaired) electrons. The molecule has 48 heavy (non-hydrogen) atoms. The van der Waals surface area contributed by atoms with Crippen molar-refractivity contribution in [3.63, 3.8) is 0 Å². The Morgan fingerprint density at radius 1 is 1.02 bits per heavy atom. The Kier molecular flexibility index (Phi) is 11.5. The Morgan fingerprint density at radius 2 is 1.73 bits per heavy atom. The number of hydrogen-bond donors (Lipinski definition) is 2. The van der Waals surface area contributed by atoms with Crippen LogP contribution in [0, 0.1) is 11.2 Å². The zero-order valence-electron chi connectivity index (χ0n) is 27.7. The lowest BCUT2D eigenvalue weighted by Crippen LogP contribution is -2.61. The Hall–Kier alpha value is -3.86. The summed E-state index contributed by atoms with van der Waals surface area (Å²) in [5.41, 5.74) is 3.54. The number of ketones is 1. The Balaban J connectivity index is 1.33. The fourth-order valence-corrected chi connectivity index (χ4v) is 6.67. The number of aliphatic carboxylic acids is 1. The molecule has 10 heteroatoms. The lowest BCUT2D eigenvalue weighted by atomic mass is 9.82. The van der Waals surface area contributed by atoms with Gasteiger partial charge in [-0.1, -0.05) is 54.6 Å². The average molecular weight is 721 g/mol. The van der Waals surface area contributed by atoms with E-state index in [0.717, 1.165) is 34.3 Å². The number of halogens is 2. The standard InChI is InChI=1S/C38H43BrFN3O5/c1-38(2,37(46)47)34(44)16-19-43-23-29-22-30(27-11-9-26(10-12-27)17-20-48-33-21-28(40)13-14-31(33)39)35(32(24-43)41-29)36(45)42(3)18-15-25-7-5-4-6-8-25/h4-14,21,29,32,41H,15-20,22-24H2,1-3H3,(H,46,47)/t29-,32-/m1/s1. The minimum atomic E-state index is -1.44. The lowest BCUT2D eigenvalue weighted by Gasteiger charge is -2.45. The van der Waals surface area contributed by atoms with Crippen molar-refractivity contribution in [2.24, 2.45) is 5.41 Å². The second kappa shape index (κ2) is 15.6. The molecule has 2 atom stereocenters. The molecule has 2 bridgehead atoms. The molecule has 1 saturated heterocycles. The summed E-state index contributed by atoms with van der Waals surface area (Å²) < 4.78 is 20.2. The molecule has 5 rings (SSSR count). The molecule has 3 aromatic rings. The lowest BCUT2D eigenvalue weighted by molar-refractivity contribution is -0.152. The number of carbonyl (C=O) groups is 3. The van der Waals surface area contributed by atoms with E-state index in [-0.39, 0.29) is 36.0 Å². The van der Waals surface area contributed by atoms with Crippen LogP contribution in [0.3, 0.4) is 0 Å². The summed E-state index contributed by atoms with van der Waals surface area (Å²) in [5.74, 6) is -1.35. The summed E-state index contributed by atoms with van der Waals surface area (Å²) in [6.07, 6.45) is 2.15. The van der Waals surface area contributed by atoms with E-state index >= 15 is 0 Å². The number of nitrogens with one attached hydrogen (secondary N) is 1. The van der Waals surface area contributed by atoms with Crippen LogP contribution < -0.4 is 10.1 Å². The van der Waals surface area contributed by atoms with Crippen molar-refractivity contribution in [2.75, 3.05) is 39.8 Å². The number of carboxylic acids is 1. The number of rotatable bonds is 14. The molecule has 2 aliphatic heterocycles. The van der Waals surface area contributed by atoms with Crippen LogP contribution >= 0.6 is 15.9 Å². The van der Waals surface area contributed by atoms with Gasteiger partial charge in [0.2, 0.25) is 0 Å². The van der Waals surface area contributed by atoms with Gasteiger partial charge < -0.3 is 20.1 Å². The number of ether oxygens (including phenoxy) is 1. The molecule has 2 N–H and O–H groups in total. The number of likely N-dealkylation sites (N-methyl/N-ethyl adjacent to an activating group) is 1. The average Bonchev–Trinajstić information content (AvgIpc) is 3.07. The SMILES string of the molecule is CN(CCc1ccccc1)C(=O)C1=C(c2ccc(CCOc3cc(F)ccc3Br)cc2)C[C@@H]2CN(CCC(=O)C(C)(C)C(=O)O)C[C@H]1N2. The monoisotopic (exact) mass is 719 g/mol. The molecule has 1 amide bonds. The predicted octanol–water partition coefficient (Wildman–Crippen LogP) is 5.78. The van der Waals surface area contributed by atoms with Crippen LogP contribution in [0.4, 0.5) is 4.39 Å². The number of fused-ring (bicyclic) bond motifs is 2. The number of nitrogens with zero attached hydrogens (tertiary/aromatic N) is 2. The van der Waals surface area contributed by atoms with Crippen molar-refractivity contribution in [1.82, 2.24) is 15.1 Å². The molecule has 3 aromatic carbocycles. The van der Waals surface area contributed by atoms with Gasteiger partial charge >= 0.3 is 5.97 Å². The molecule has 0 aromatic heterocycles. The van der Waals surface area contributed by atoms with Gasteiger partial charge in [0.15, 0.2) is 5.78 Å². The van der Waals surface area contributed by atoms with Crippen molar-refractivity contribution in [2.45, 2.75) is 51.6 Å². The number of piperazine rings is 1. The Morgan fingerprint density at radius 3 is 2.44 bits per heavy atom. The number of hydrogen-bond acceptors (Lipinski definition) is 6. The normalized spacial score (nSPS) is 18.0. The second-order valence-electron chi connectivity index (χ2n) is 13.2. The number of Topliss-reactive ketones (excluding diaryl/α,β-unsaturated/α-hetero) is 1. The van der Waals surface area contributed by atoms with Gasteiger partial charge in [-0.05, 0) is 77.0 Å². The zero-order chi connectivity index (χ0) is 34.4. The van der Waals surface area contributed by atoms with Gasteiger partial charge in [-0.3, -0.25) is 19.3 Å². The highest BCUT2D eigenvalue weighted by Gasteiger charge is 2.40. The van der Waals surface area contributed by atoms with E-state index in [4.69, 9.17) is 4.74 Å². The molecule has 0 saturated carbocycles. The van der Waals surface area contributed by atoms with Crippen molar-refractivity contribution < 1.29 is 28.6 Å². The first-order valence-corrected chi connectivity index (χ1v) is 17.2. The predicted molar refractivity (Wildman–Crippen MR) is 187 cm³/mol. The number of carbonyl (C=O) groups excluding carboxylic acids is 2. The topological polar surface area (TPSA) is 99.2 Å². The molecular weight excluding hydrogens is 677 g/mol. The van der Waals surface area contributed by atoms with Gasteiger partial charge in [0, 0.05) is 63.7 Å². The van der Waals surface area contributed by atoms with Crippen molar-refractivity contribution in [1.29, 1.82) is 0 Å². The van der Waals surface area contributed by atoms with Gasteiger partial charge in [0.1, 0.15) is 17.0 Å². The maximum atomic E-state index is 14.2. The third kappa shape index (κ3) is 8.59. The van der Waals surface area contributed by atoms with Gasteiger partial charge in [0.05, 0.1) is 17.1 Å². The van der Waals surface area contributed by atoms with Crippen LogP contribution in [-0.4, -0.2) is 84.5 Å². The van der Waals surface area contributed by atoms with Gasteiger partial charge in [-0.25, -0.2) is 4.39 Å². The fourth-order valence-electron chi connectivity index (χ4n) is 6.31. The van der Waals surface area contributed by atoms with Crippen molar-refractivity contribution in [3.8, 4) is 5.75 Å². The van der Waals surface area contributed by atoms with Crippen LogP contribution in [0.5, 0.6) is 5.75 Å². The van der Waals surface area contributed by atoms with E-state index in [1.807, 2.05) is 37.4 Å². The number of carboxylic acid groups (broad SMARTS) is 1. The largest absolute Gasteiger partial charge is 0.492 e. The summed E-state index contributed by atoms with van der Waals surface area (Å²) in [4.78, 5) is 42.6. The summed E-state index contributed by atoms with van der Waals surface area (Å²) in [7, 11) is 1.84. The highest BCUT2D eigenvalue weighted by Crippen LogP contribution is 2.34. The Bertz CT molecular complexity index is 1660. The fraction of sp³-hybridized carbons (Fsp3) is 0.395. The van der Waals surface area contributed by atoms with E-state index in [9.17, 15) is 23.9 Å². The third-order valence-corrected chi connectivity index (χ3v) is 10.0. The van der Waals surface area contributed by atoms with Crippen LogP contribution in [0.25, 0.3) is 5.57 Å². The van der Waals surface area contributed by atoms with Crippen molar-refractivity contribution >= 4 is 39.2 Å². The molecule has 254 valence electrons. The molecule has 0 spiro atoms. The highest BCUT2D eigenvalue weighted by molar-refractivity contribution is 9.10. The van der Waals surface area contributed by atoms with Crippen LogP contribution in [0.2, 0.25) is 0 Å². The third-order valence-electron chi connectivity index (χ3n) is 9.37. The van der Waals surface area contributed by atoms with Crippen LogP contribution in [0.1, 0.15) is 43.4 Å². The Labute approximate surface area is 290 Å². The minimum absolute atomic E-state index is 0.0278. The van der Waals surface area contributed by atoms with Crippen LogP contribution in [0.15, 0.2) is 82.8 Å². The smallest absolute Gasteiger partial charge is 0.316 e. The summed E-state index contributed by atoms with van der Waals surface area (Å²) in [6, 6.07) is 22.5. The molecular formula is C38H43BrFN3O5. The second-order valence-corrected chi connectivity index (χ2v) is 14.1. The first-order chi connectivity index (χ1) is 22.9. The van der Waals surface area contributed by atoms with Crippen molar-refractivity contribution in [3.05, 3.63) is 105 Å².